The summed E-state index contributed by atoms with van der Waals surface area (Å²) in [5.74, 6) is 0. The predicted octanol–water partition coefficient (Wildman–Crippen LogP) is 1.13. The highest BCUT2D eigenvalue weighted by Crippen LogP contribution is 2.02. The molecule has 0 unspecified atom stereocenters. The average molecular weight is 176 g/mol. The Labute approximate surface area is 77.5 Å². The normalized spacial score (nSPS) is 10.5. The Bertz CT molecular complexity index is 308. The van der Waals surface area contributed by atoms with Gasteiger partial charge in [0, 0.05) is 24.5 Å². The molecule has 1 N–H and O–H groups in total. The van der Waals surface area contributed by atoms with Crippen LogP contribution in [-0.4, -0.2) is 24.9 Å². The summed E-state index contributed by atoms with van der Waals surface area (Å²) >= 11 is 0. The number of aromatic nitrogens is 1. The van der Waals surface area contributed by atoms with E-state index in [9.17, 15) is 4.79 Å². The van der Waals surface area contributed by atoms with Crippen LogP contribution in [0, 0.1) is 0 Å². The highest BCUT2D eigenvalue weighted by atomic mass is 16.1. The van der Waals surface area contributed by atoms with Crippen LogP contribution in [0.4, 0.5) is 0 Å². The Morgan fingerprint density at radius 1 is 1.46 bits per heavy atom. The summed E-state index contributed by atoms with van der Waals surface area (Å²) in [5.41, 5.74) is 1.55. The summed E-state index contributed by atoms with van der Waals surface area (Å²) in [6.45, 7) is 0.811. The zero-order chi connectivity index (χ0) is 9.52. The molecule has 68 valence electrons. The maximum absolute atomic E-state index is 10.4. The average Bonchev–Trinajstić information content (AvgIpc) is 2.19. The molecule has 0 aliphatic heterocycles. The van der Waals surface area contributed by atoms with Gasteiger partial charge in [-0.15, -0.1) is 0 Å². The minimum Gasteiger partial charge on any atom is -0.316 e. The van der Waals surface area contributed by atoms with E-state index in [1.165, 1.54) is 0 Å². The van der Waals surface area contributed by atoms with Crippen molar-refractivity contribution in [1.82, 2.24) is 10.3 Å². The van der Waals surface area contributed by atoms with Crippen LogP contribution in [0.5, 0.6) is 0 Å². The molecule has 0 radical (unpaired) electrons. The third kappa shape index (κ3) is 3.17. The standard InChI is InChI=1S/C10H12N2O/c1-11-4-2-3-9-5-10(8-13)7-12-6-9/h2-3,5-8,11H,4H2,1H3. The van der Waals surface area contributed by atoms with Gasteiger partial charge in [-0.1, -0.05) is 12.2 Å². The minimum atomic E-state index is 0.603. The Kier molecular flexibility index (Phi) is 3.85. The summed E-state index contributed by atoms with van der Waals surface area (Å²) in [6.07, 6.45) is 7.96. The van der Waals surface area contributed by atoms with Crippen molar-refractivity contribution in [2.75, 3.05) is 13.6 Å². The van der Waals surface area contributed by atoms with E-state index in [0.717, 1.165) is 18.4 Å². The lowest BCUT2D eigenvalue weighted by molar-refractivity contribution is 0.112. The molecule has 0 saturated heterocycles. The Hall–Kier alpha value is -1.48. The Morgan fingerprint density at radius 2 is 2.23 bits per heavy atom. The van der Waals surface area contributed by atoms with E-state index < -0.39 is 0 Å². The van der Waals surface area contributed by atoms with E-state index in [0.29, 0.717) is 5.56 Å². The summed E-state index contributed by atoms with van der Waals surface area (Å²) in [5, 5.41) is 2.99. The molecule has 0 atom stereocenters. The van der Waals surface area contributed by atoms with Crippen molar-refractivity contribution in [3.8, 4) is 0 Å². The van der Waals surface area contributed by atoms with Crippen molar-refractivity contribution in [1.29, 1.82) is 0 Å². The zero-order valence-electron chi connectivity index (χ0n) is 7.53. The number of pyridine rings is 1. The summed E-state index contributed by atoms with van der Waals surface area (Å²) in [6, 6.07) is 1.80. The monoisotopic (exact) mass is 176 g/mol. The van der Waals surface area contributed by atoms with E-state index in [1.54, 1.807) is 18.5 Å². The van der Waals surface area contributed by atoms with Crippen molar-refractivity contribution < 1.29 is 4.79 Å². The predicted molar refractivity (Wildman–Crippen MR) is 52.6 cm³/mol. The van der Waals surface area contributed by atoms with Gasteiger partial charge in [0.25, 0.3) is 0 Å². The maximum atomic E-state index is 10.4. The SMILES string of the molecule is CNCC=Cc1cncc(C=O)c1. The number of carbonyl (C=O) groups excluding carboxylic acids is 1. The first-order valence-corrected chi connectivity index (χ1v) is 4.08. The van der Waals surface area contributed by atoms with Crippen molar-refractivity contribution in [2.24, 2.45) is 0 Å². The summed E-state index contributed by atoms with van der Waals surface area (Å²) < 4.78 is 0. The molecule has 3 heteroatoms. The van der Waals surface area contributed by atoms with E-state index in [4.69, 9.17) is 0 Å². The maximum Gasteiger partial charge on any atom is 0.151 e. The molecule has 1 heterocycles. The summed E-state index contributed by atoms with van der Waals surface area (Å²) in [7, 11) is 1.88. The van der Waals surface area contributed by atoms with Crippen LogP contribution < -0.4 is 5.32 Å². The van der Waals surface area contributed by atoms with Crippen LogP contribution in [0.1, 0.15) is 15.9 Å². The number of rotatable bonds is 4. The molecule has 3 nitrogen and oxygen atoms in total. The van der Waals surface area contributed by atoms with Crippen LogP contribution in [0.15, 0.2) is 24.5 Å². The zero-order valence-corrected chi connectivity index (χ0v) is 7.53. The summed E-state index contributed by atoms with van der Waals surface area (Å²) in [4.78, 5) is 14.3. The highest BCUT2D eigenvalue weighted by molar-refractivity contribution is 5.75. The first-order valence-electron chi connectivity index (χ1n) is 4.08. The molecule has 0 spiro atoms. The van der Waals surface area contributed by atoms with Gasteiger partial charge in [-0.25, -0.2) is 0 Å². The quantitative estimate of drug-likeness (QED) is 0.699. The van der Waals surface area contributed by atoms with Gasteiger partial charge in [-0.2, -0.15) is 0 Å². The topological polar surface area (TPSA) is 42.0 Å². The van der Waals surface area contributed by atoms with Gasteiger partial charge < -0.3 is 5.32 Å². The molecular formula is C10H12N2O. The molecule has 0 fully saturated rings. The fourth-order valence-electron chi connectivity index (χ4n) is 0.945. The molecule has 13 heavy (non-hydrogen) atoms. The lowest BCUT2D eigenvalue weighted by Crippen LogP contribution is -2.03. The first-order chi connectivity index (χ1) is 6.36. The smallest absolute Gasteiger partial charge is 0.151 e. The van der Waals surface area contributed by atoms with Crippen LogP contribution in [0.2, 0.25) is 0 Å². The van der Waals surface area contributed by atoms with Crippen molar-refractivity contribution in [3.05, 3.63) is 35.7 Å². The second kappa shape index (κ2) is 5.22. The molecule has 1 aromatic heterocycles. The molecule has 0 aliphatic rings. The molecular weight excluding hydrogens is 164 g/mol. The number of aldehydes is 1. The molecule has 1 rings (SSSR count). The lowest BCUT2D eigenvalue weighted by Gasteiger charge is -1.93. The molecule has 1 aromatic rings. The molecule has 0 aliphatic carbocycles. The lowest BCUT2D eigenvalue weighted by atomic mass is 10.2. The van der Waals surface area contributed by atoms with Crippen molar-refractivity contribution in [3.63, 3.8) is 0 Å². The van der Waals surface area contributed by atoms with Crippen LogP contribution in [0.25, 0.3) is 6.08 Å². The van der Waals surface area contributed by atoms with Crippen LogP contribution in [-0.2, 0) is 0 Å². The fraction of sp³-hybridized carbons (Fsp3) is 0.200. The van der Waals surface area contributed by atoms with Gasteiger partial charge in [0.05, 0.1) is 0 Å². The van der Waals surface area contributed by atoms with E-state index in [1.807, 2.05) is 19.2 Å². The largest absolute Gasteiger partial charge is 0.316 e. The third-order valence-corrected chi connectivity index (χ3v) is 1.55. The number of nitrogens with one attached hydrogen (secondary N) is 1. The first kappa shape index (κ1) is 9.61. The molecule has 0 saturated carbocycles. The molecule has 0 bridgehead atoms. The second-order valence-corrected chi connectivity index (χ2v) is 2.63. The Balaban J connectivity index is 2.71. The van der Waals surface area contributed by atoms with Gasteiger partial charge >= 0.3 is 0 Å². The molecule has 0 amide bonds. The number of hydrogen-bond donors (Lipinski definition) is 1. The highest BCUT2D eigenvalue weighted by Gasteiger charge is 1.90. The van der Waals surface area contributed by atoms with Crippen molar-refractivity contribution in [2.45, 2.75) is 0 Å². The number of likely N-dealkylation sites (N-methyl/N-ethyl adjacent to an activating group) is 1. The van der Waals surface area contributed by atoms with Gasteiger partial charge in [0.15, 0.2) is 6.29 Å². The van der Waals surface area contributed by atoms with Gasteiger partial charge in [-0.3, -0.25) is 9.78 Å². The van der Waals surface area contributed by atoms with E-state index in [2.05, 4.69) is 10.3 Å². The van der Waals surface area contributed by atoms with Gasteiger partial charge in [0.2, 0.25) is 0 Å². The van der Waals surface area contributed by atoms with Gasteiger partial charge in [-0.05, 0) is 18.7 Å². The van der Waals surface area contributed by atoms with Crippen LogP contribution >= 0.6 is 0 Å². The number of carbonyl (C=O) groups is 1. The van der Waals surface area contributed by atoms with Gasteiger partial charge in [0.1, 0.15) is 0 Å². The van der Waals surface area contributed by atoms with Crippen molar-refractivity contribution >= 4 is 12.4 Å². The third-order valence-electron chi connectivity index (χ3n) is 1.55. The van der Waals surface area contributed by atoms with Crippen LogP contribution in [0.3, 0.4) is 0 Å². The molecule has 0 aromatic carbocycles. The van der Waals surface area contributed by atoms with E-state index >= 15 is 0 Å². The second-order valence-electron chi connectivity index (χ2n) is 2.63. The van der Waals surface area contributed by atoms with E-state index in [-0.39, 0.29) is 0 Å². The Morgan fingerprint density at radius 3 is 2.92 bits per heavy atom. The number of nitrogens with zero attached hydrogens (tertiary/aromatic N) is 1. The minimum absolute atomic E-state index is 0.603. The number of hydrogen-bond acceptors (Lipinski definition) is 3. The fourth-order valence-corrected chi connectivity index (χ4v) is 0.945.